The fraction of sp³-hybridized carbons (Fsp3) is 0.588. The molecule has 0 amide bonds. The van der Waals surface area contributed by atoms with Crippen LogP contribution >= 0.6 is 24.0 Å². The van der Waals surface area contributed by atoms with E-state index in [0.29, 0.717) is 6.10 Å². The number of rotatable bonds is 5. The molecule has 1 aromatic carbocycles. The van der Waals surface area contributed by atoms with E-state index in [4.69, 9.17) is 4.74 Å². The largest absolute Gasteiger partial charge is 0.376 e. The summed E-state index contributed by atoms with van der Waals surface area (Å²) in [5.74, 6) is 2.34. The molecule has 1 heterocycles. The molecule has 1 aromatic rings. The molecule has 122 valence electrons. The smallest absolute Gasteiger partial charge is 0.191 e. The minimum Gasteiger partial charge on any atom is -0.376 e. The lowest BCUT2D eigenvalue weighted by Crippen LogP contribution is -2.41. The fourth-order valence-corrected chi connectivity index (χ4v) is 3.05. The summed E-state index contributed by atoms with van der Waals surface area (Å²) in [6, 6.07) is 10.8. The highest BCUT2D eigenvalue weighted by atomic mass is 127. The SMILES string of the molecule is CN=C(NCC1CCCO1)NCC1CC1c1ccccc1.I. The maximum absolute atomic E-state index is 5.62. The summed E-state index contributed by atoms with van der Waals surface area (Å²) in [5.41, 5.74) is 1.46. The Morgan fingerprint density at radius 3 is 2.68 bits per heavy atom. The van der Waals surface area contributed by atoms with Gasteiger partial charge in [0.25, 0.3) is 0 Å². The molecule has 0 bridgehead atoms. The first kappa shape index (κ1) is 17.5. The van der Waals surface area contributed by atoms with Gasteiger partial charge in [0.15, 0.2) is 5.96 Å². The zero-order chi connectivity index (χ0) is 14.5. The molecule has 3 rings (SSSR count). The molecule has 2 aliphatic rings. The lowest BCUT2D eigenvalue weighted by molar-refractivity contribution is 0.114. The number of guanidine groups is 1. The number of ether oxygens (including phenoxy) is 1. The highest BCUT2D eigenvalue weighted by Crippen LogP contribution is 2.46. The van der Waals surface area contributed by atoms with E-state index >= 15 is 0 Å². The van der Waals surface area contributed by atoms with Gasteiger partial charge in [-0.05, 0) is 36.7 Å². The van der Waals surface area contributed by atoms with Gasteiger partial charge in [0.05, 0.1) is 6.10 Å². The Morgan fingerprint density at radius 2 is 2.00 bits per heavy atom. The van der Waals surface area contributed by atoms with E-state index in [-0.39, 0.29) is 24.0 Å². The second kappa shape index (κ2) is 8.72. The predicted octanol–water partition coefficient (Wildman–Crippen LogP) is 2.75. The minimum absolute atomic E-state index is 0. The number of hydrogen-bond acceptors (Lipinski definition) is 2. The van der Waals surface area contributed by atoms with Crippen molar-refractivity contribution in [1.82, 2.24) is 10.6 Å². The first-order chi connectivity index (χ1) is 10.4. The molecule has 3 atom stereocenters. The van der Waals surface area contributed by atoms with Crippen LogP contribution in [0.2, 0.25) is 0 Å². The van der Waals surface area contributed by atoms with Crippen LogP contribution in [0, 0.1) is 5.92 Å². The summed E-state index contributed by atoms with van der Waals surface area (Å²) in [4.78, 5) is 4.29. The second-order valence-electron chi connectivity index (χ2n) is 5.98. The molecule has 2 fully saturated rings. The molecule has 22 heavy (non-hydrogen) atoms. The van der Waals surface area contributed by atoms with Crippen molar-refractivity contribution in [2.24, 2.45) is 10.9 Å². The Kier molecular flexibility index (Phi) is 6.95. The molecule has 2 N–H and O–H groups in total. The Bertz CT molecular complexity index is 474. The topological polar surface area (TPSA) is 45.7 Å². The van der Waals surface area contributed by atoms with Gasteiger partial charge < -0.3 is 15.4 Å². The van der Waals surface area contributed by atoms with Gasteiger partial charge in [0, 0.05) is 26.7 Å². The normalized spacial score (nSPS) is 27.1. The van der Waals surface area contributed by atoms with Crippen LogP contribution in [0.15, 0.2) is 35.3 Å². The van der Waals surface area contributed by atoms with E-state index in [9.17, 15) is 0 Å². The van der Waals surface area contributed by atoms with Gasteiger partial charge in [0.1, 0.15) is 0 Å². The van der Waals surface area contributed by atoms with Crippen molar-refractivity contribution in [2.45, 2.75) is 31.3 Å². The zero-order valence-corrected chi connectivity index (χ0v) is 15.5. The number of nitrogens with zero attached hydrogens (tertiary/aromatic N) is 1. The van der Waals surface area contributed by atoms with Gasteiger partial charge in [-0.15, -0.1) is 24.0 Å². The monoisotopic (exact) mass is 415 g/mol. The average molecular weight is 415 g/mol. The van der Waals surface area contributed by atoms with Gasteiger partial charge in [0.2, 0.25) is 0 Å². The summed E-state index contributed by atoms with van der Waals surface area (Å²) in [6.07, 6.45) is 3.96. The summed E-state index contributed by atoms with van der Waals surface area (Å²) < 4.78 is 5.62. The van der Waals surface area contributed by atoms with Crippen LogP contribution in [0.3, 0.4) is 0 Å². The molecule has 1 aliphatic carbocycles. The third-order valence-electron chi connectivity index (χ3n) is 4.43. The van der Waals surface area contributed by atoms with Crippen LogP contribution < -0.4 is 10.6 Å². The van der Waals surface area contributed by atoms with Crippen LogP contribution in [0.1, 0.15) is 30.7 Å². The molecular weight excluding hydrogens is 389 g/mol. The van der Waals surface area contributed by atoms with Crippen molar-refractivity contribution in [3.05, 3.63) is 35.9 Å². The molecule has 1 saturated carbocycles. The lowest BCUT2D eigenvalue weighted by Gasteiger charge is -2.15. The summed E-state index contributed by atoms with van der Waals surface area (Å²) in [7, 11) is 1.83. The van der Waals surface area contributed by atoms with Crippen LogP contribution in [-0.4, -0.2) is 38.8 Å². The first-order valence-electron chi connectivity index (χ1n) is 7.98. The third-order valence-corrected chi connectivity index (χ3v) is 4.43. The number of nitrogens with one attached hydrogen (secondary N) is 2. The fourth-order valence-electron chi connectivity index (χ4n) is 3.05. The summed E-state index contributed by atoms with van der Waals surface area (Å²) in [6.45, 7) is 2.75. The van der Waals surface area contributed by atoms with Crippen molar-refractivity contribution in [3.8, 4) is 0 Å². The molecular formula is C17H26IN3O. The highest BCUT2D eigenvalue weighted by molar-refractivity contribution is 14.0. The quantitative estimate of drug-likeness (QED) is 0.442. The van der Waals surface area contributed by atoms with Crippen molar-refractivity contribution in [3.63, 3.8) is 0 Å². The van der Waals surface area contributed by atoms with E-state index in [1.165, 1.54) is 18.4 Å². The molecule has 5 heteroatoms. The molecule has 3 unspecified atom stereocenters. The van der Waals surface area contributed by atoms with Crippen LogP contribution in [0.25, 0.3) is 0 Å². The zero-order valence-electron chi connectivity index (χ0n) is 13.1. The lowest BCUT2D eigenvalue weighted by atomic mass is 10.1. The van der Waals surface area contributed by atoms with E-state index in [1.54, 1.807) is 0 Å². The van der Waals surface area contributed by atoms with Crippen LogP contribution in [0.4, 0.5) is 0 Å². The highest BCUT2D eigenvalue weighted by Gasteiger charge is 2.37. The van der Waals surface area contributed by atoms with Crippen LogP contribution in [-0.2, 0) is 4.74 Å². The number of aliphatic imine (C=N–C) groups is 1. The standard InChI is InChI=1S/C17H25N3O.HI/c1-18-17(20-12-15-8-5-9-21-15)19-11-14-10-16(14)13-6-3-2-4-7-13;/h2-4,6-7,14-16H,5,8-12H2,1H3,(H2,18,19,20);1H. The van der Waals surface area contributed by atoms with E-state index < -0.39 is 0 Å². The number of benzene rings is 1. The van der Waals surface area contributed by atoms with E-state index in [0.717, 1.165) is 43.9 Å². The first-order valence-corrected chi connectivity index (χ1v) is 7.98. The van der Waals surface area contributed by atoms with Crippen molar-refractivity contribution in [1.29, 1.82) is 0 Å². The molecule has 0 spiro atoms. The maximum Gasteiger partial charge on any atom is 0.191 e. The van der Waals surface area contributed by atoms with Crippen molar-refractivity contribution >= 4 is 29.9 Å². The van der Waals surface area contributed by atoms with Crippen LogP contribution in [0.5, 0.6) is 0 Å². The average Bonchev–Trinajstić information content (AvgIpc) is 3.12. The second-order valence-corrected chi connectivity index (χ2v) is 5.98. The number of hydrogen-bond donors (Lipinski definition) is 2. The molecule has 0 radical (unpaired) electrons. The van der Waals surface area contributed by atoms with Gasteiger partial charge >= 0.3 is 0 Å². The van der Waals surface area contributed by atoms with Gasteiger partial charge in [-0.25, -0.2) is 0 Å². The van der Waals surface area contributed by atoms with Gasteiger partial charge in [-0.1, -0.05) is 30.3 Å². The molecule has 1 aliphatic heterocycles. The Hall–Kier alpha value is -0.820. The van der Waals surface area contributed by atoms with E-state index in [1.807, 2.05) is 7.05 Å². The predicted molar refractivity (Wildman–Crippen MR) is 101 cm³/mol. The Labute approximate surface area is 150 Å². The van der Waals surface area contributed by atoms with Crippen molar-refractivity contribution < 1.29 is 4.74 Å². The Morgan fingerprint density at radius 1 is 1.23 bits per heavy atom. The molecule has 0 aromatic heterocycles. The minimum atomic E-state index is 0. The Balaban J connectivity index is 0.00000176. The summed E-state index contributed by atoms with van der Waals surface area (Å²) in [5, 5.41) is 6.80. The van der Waals surface area contributed by atoms with Gasteiger partial charge in [-0.3, -0.25) is 4.99 Å². The van der Waals surface area contributed by atoms with E-state index in [2.05, 4.69) is 46.0 Å². The number of halogens is 1. The maximum atomic E-state index is 5.62. The van der Waals surface area contributed by atoms with Gasteiger partial charge in [-0.2, -0.15) is 0 Å². The van der Waals surface area contributed by atoms with Crippen molar-refractivity contribution in [2.75, 3.05) is 26.7 Å². The summed E-state index contributed by atoms with van der Waals surface area (Å²) >= 11 is 0. The molecule has 1 saturated heterocycles. The third kappa shape index (κ3) is 4.84. The molecule has 4 nitrogen and oxygen atoms in total.